The third-order valence-corrected chi connectivity index (χ3v) is 2.89. The summed E-state index contributed by atoms with van der Waals surface area (Å²) in [6, 6.07) is 0. The van der Waals surface area contributed by atoms with E-state index in [1.54, 1.807) is 0 Å². The van der Waals surface area contributed by atoms with E-state index in [1.807, 2.05) is 0 Å². The van der Waals surface area contributed by atoms with Crippen LogP contribution in [0.25, 0.3) is 0 Å². The molecule has 0 spiro atoms. The number of ether oxygens (including phenoxy) is 1. The molecule has 0 saturated carbocycles. The number of nitrogens with zero attached hydrogens (tertiary/aromatic N) is 1. The molecule has 0 atom stereocenters. The van der Waals surface area contributed by atoms with Gasteiger partial charge in [0.25, 0.3) is 0 Å². The van der Waals surface area contributed by atoms with Crippen LogP contribution in [0.4, 0.5) is 0 Å². The van der Waals surface area contributed by atoms with Gasteiger partial charge < -0.3 is 20.7 Å². The summed E-state index contributed by atoms with van der Waals surface area (Å²) in [6.45, 7) is 5.12. The van der Waals surface area contributed by atoms with Gasteiger partial charge in [0, 0.05) is 39.3 Å². The van der Waals surface area contributed by atoms with Crippen molar-refractivity contribution >= 4 is 18.2 Å². The molecule has 0 aromatic carbocycles. The Hall–Kier alpha value is -1.67. The summed E-state index contributed by atoms with van der Waals surface area (Å²) in [4.78, 5) is 35.0. The van der Waals surface area contributed by atoms with Gasteiger partial charge in [-0.05, 0) is 6.42 Å². The van der Waals surface area contributed by atoms with Crippen molar-refractivity contribution in [3.63, 3.8) is 0 Å². The number of amides is 3. The van der Waals surface area contributed by atoms with Gasteiger partial charge in [-0.3, -0.25) is 19.3 Å². The maximum absolute atomic E-state index is 11.5. The van der Waals surface area contributed by atoms with Crippen LogP contribution in [0.15, 0.2) is 0 Å². The second-order valence-electron chi connectivity index (χ2n) is 4.39. The molecule has 3 N–H and O–H groups in total. The fourth-order valence-corrected chi connectivity index (χ4v) is 1.76. The van der Waals surface area contributed by atoms with Crippen molar-refractivity contribution in [2.24, 2.45) is 0 Å². The Kier molecular flexibility index (Phi) is 8.32. The molecular weight excluding hydrogens is 264 g/mol. The second-order valence-corrected chi connectivity index (χ2v) is 4.39. The van der Waals surface area contributed by atoms with Gasteiger partial charge in [-0.25, -0.2) is 0 Å². The van der Waals surface area contributed by atoms with Gasteiger partial charge in [0.05, 0.1) is 13.2 Å². The summed E-state index contributed by atoms with van der Waals surface area (Å²) < 4.78 is 5.22. The lowest BCUT2D eigenvalue weighted by Gasteiger charge is -2.26. The van der Waals surface area contributed by atoms with E-state index in [1.165, 1.54) is 0 Å². The molecule has 8 nitrogen and oxygen atoms in total. The Labute approximate surface area is 118 Å². The molecule has 114 valence electrons. The zero-order chi connectivity index (χ0) is 14.6. The van der Waals surface area contributed by atoms with Crippen molar-refractivity contribution in [1.82, 2.24) is 20.9 Å². The third-order valence-electron chi connectivity index (χ3n) is 2.89. The highest BCUT2D eigenvalue weighted by Crippen LogP contribution is 1.94. The van der Waals surface area contributed by atoms with Crippen LogP contribution in [0, 0.1) is 0 Å². The minimum absolute atomic E-state index is 0.358. The SMILES string of the molecule is O=CNCCCNC(=O)C(=O)NCCN1CCOCC1. The minimum Gasteiger partial charge on any atom is -0.379 e. The van der Waals surface area contributed by atoms with Gasteiger partial charge in [-0.15, -0.1) is 0 Å². The van der Waals surface area contributed by atoms with E-state index >= 15 is 0 Å². The highest BCUT2D eigenvalue weighted by molar-refractivity contribution is 6.35. The molecule has 0 aliphatic carbocycles. The van der Waals surface area contributed by atoms with Gasteiger partial charge in [0.1, 0.15) is 0 Å². The normalized spacial score (nSPS) is 15.4. The lowest BCUT2D eigenvalue weighted by atomic mass is 10.4. The van der Waals surface area contributed by atoms with Crippen LogP contribution in [-0.4, -0.2) is 75.6 Å². The molecule has 0 aromatic rings. The Morgan fingerprint density at radius 1 is 1.05 bits per heavy atom. The smallest absolute Gasteiger partial charge is 0.309 e. The van der Waals surface area contributed by atoms with Gasteiger partial charge in [0.15, 0.2) is 0 Å². The Bertz CT molecular complexity index is 319. The number of nitrogens with one attached hydrogen (secondary N) is 3. The Balaban J connectivity index is 2.02. The van der Waals surface area contributed by atoms with Crippen molar-refractivity contribution < 1.29 is 19.1 Å². The number of hydrogen-bond donors (Lipinski definition) is 3. The molecule has 0 unspecified atom stereocenters. The first-order valence-electron chi connectivity index (χ1n) is 6.77. The second kappa shape index (κ2) is 10.2. The number of hydrogen-bond acceptors (Lipinski definition) is 5. The van der Waals surface area contributed by atoms with E-state index in [4.69, 9.17) is 4.74 Å². The van der Waals surface area contributed by atoms with E-state index in [0.717, 1.165) is 13.1 Å². The van der Waals surface area contributed by atoms with Gasteiger partial charge in [-0.2, -0.15) is 0 Å². The molecule has 1 rings (SSSR count). The fraction of sp³-hybridized carbons (Fsp3) is 0.750. The monoisotopic (exact) mass is 286 g/mol. The fourth-order valence-electron chi connectivity index (χ4n) is 1.76. The molecular formula is C12H22N4O4. The Morgan fingerprint density at radius 2 is 1.70 bits per heavy atom. The van der Waals surface area contributed by atoms with Crippen LogP contribution in [-0.2, 0) is 19.1 Å². The summed E-state index contributed by atoms with van der Waals surface area (Å²) in [7, 11) is 0. The predicted molar refractivity (Wildman–Crippen MR) is 72.0 cm³/mol. The molecule has 20 heavy (non-hydrogen) atoms. The van der Waals surface area contributed by atoms with Crippen LogP contribution in [0.2, 0.25) is 0 Å². The largest absolute Gasteiger partial charge is 0.379 e. The van der Waals surface area contributed by atoms with E-state index in [2.05, 4.69) is 20.9 Å². The lowest BCUT2D eigenvalue weighted by molar-refractivity contribution is -0.139. The molecule has 1 saturated heterocycles. The van der Waals surface area contributed by atoms with E-state index in [9.17, 15) is 14.4 Å². The summed E-state index contributed by atoms with van der Waals surface area (Å²) >= 11 is 0. The van der Waals surface area contributed by atoms with E-state index in [0.29, 0.717) is 52.2 Å². The first-order valence-corrected chi connectivity index (χ1v) is 6.77. The maximum atomic E-state index is 11.5. The van der Waals surface area contributed by atoms with Crippen molar-refractivity contribution in [1.29, 1.82) is 0 Å². The van der Waals surface area contributed by atoms with Crippen LogP contribution >= 0.6 is 0 Å². The van der Waals surface area contributed by atoms with Crippen molar-refractivity contribution in [2.45, 2.75) is 6.42 Å². The maximum Gasteiger partial charge on any atom is 0.309 e. The topological polar surface area (TPSA) is 99.8 Å². The first kappa shape index (κ1) is 16.4. The molecule has 3 amide bonds. The van der Waals surface area contributed by atoms with Gasteiger partial charge >= 0.3 is 11.8 Å². The number of rotatable bonds is 8. The molecule has 1 heterocycles. The highest BCUT2D eigenvalue weighted by atomic mass is 16.5. The summed E-state index contributed by atoms with van der Waals surface area (Å²) in [5.41, 5.74) is 0. The van der Waals surface area contributed by atoms with Crippen LogP contribution in [0.3, 0.4) is 0 Å². The molecule has 1 aliphatic rings. The zero-order valence-corrected chi connectivity index (χ0v) is 11.5. The standard InChI is InChI=1S/C12H22N4O4/c17-10-13-2-1-3-14-11(18)12(19)15-4-5-16-6-8-20-9-7-16/h10H,1-9H2,(H,13,17)(H,14,18)(H,15,19). The Morgan fingerprint density at radius 3 is 2.35 bits per heavy atom. The zero-order valence-electron chi connectivity index (χ0n) is 11.5. The molecule has 0 aromatic heterocycles. The number of morpholine rings is 1. The van der Waals surface area contributed by atoms with Crippen molar-refractivity contribution in [2.75, 3.05) is 52.5 Å². The van der Waals surface area contributed by atoms with Crippen molar-refractivity contribution in [3.8, 4) is 0 Å². The van der Waals surface area contributed by atoms with Gasteiger partial charge in [-0.1, -0.05) is 0 Å². The highest BCUT2D eigenvalue weighted by Gasteiger charge is 2.14. The average molecular weight is 286 g/mol. The van der Waals surface area contributed by atoms with Crippen LogP contribution in [0.5, 0.6) is 0 Å². The quantitative estimate of drug-likeness (QED) is 0.264. The molecule has 1 fully saturated rings. The van der Waals surface area contributed by atoms with Crippen LogP contribution in [0.1, 0.15) is 6.42 Å². The predicted octanol–water partition coefficient (Wildman–Crippen LogP) is -2.31. The third kappa shape index (κ3) is 7.05. The first-order chi connectivity index (χ1) is 9.74. The summed E-state index contributed by atoms with van der Waals surface area (Å²) in [5, 5.41) is 7.54. The van der Waals surface area contributed by atoms with E-state index < -0.39 is 11.8 Å². The number of carbonyl (C=O) groups excluding carboxylic acids is 3. The molecule has 0 bridgehead atoms. The number of carbonyl (C=O) groups is 3. The van der Waals surface area contributed by atoms with E-state index in [-0.39, 0.29) is 0 Å². The average Bonchev–Trinajstić information content (AvgIpc) is 2.47. The van der Waals surface area contributed by atoms with Crippen LogP contribution < -0.4 is 16.0 Å². The molecule has 8 heteroatoms. The van der Waals surface area contributed by atoms with Crippen molar-refractivity contribution in [3.05, 3.63) is 0 Å². The summed E-state index contributed by atoms with van der Waals surface area (Å²) in [5.74, 6) is -1.26. The molecule has 0 radical (unpaired) electrons. The summed E-state index contributed by atoms with van der Waals surface area (Å²) in [6.07, 6.45) is 1.19. The molecule has 1 aliphatic heterocycles. The minimum atomic E-state index is -0.641. The lowest BCUT2D eigenvalue weighted by Crippen LogP contribution is -2.45. The van der Waals surface area contributed by atoms with Gasteiger partial charge in [0.2, 0.25) is 6.41 Å².